The van der Waals surface area contributed by atoms with Crippen molar-refractivity contribution >= 4 is 45.5 Å². The molecule has 2 aromatic carbocycles. The topological polar surface area (TPSA) is 124 Å². The first-order valence-corrected chi connectivity index (χ1v) is 16.8. The van der Waals surface area contributed by atoms with Crippen LogP contribution in [0.1, 0.15) is 24.8 Å². The monoisotopic (exact) mass is 657 g/mol. The predicted molar refractivity (Wildman–Crippen MR) is 183 cm³/mol. The van der Waals surface area contributed by atoms with E-state index in [4.69, 9.17) is 24.2 Å². The quantitative estimate of drug-likeness (QED) is 0.162. The van der Waals surface area contributed by atoms with Gasteiger partial charge in [0.15, 0.2) is 11.5 Å². The van der Waals surface area contributed by atoms with E-state index < -0.39 is 11.0 Å². The molecule has 11 nitrogen and oxygen atoms in total. The van der Waals surface area contributed by atoms with E-state index in [0.717, 1.165) is 51.4 Å². The molecule has 3 aromatic heterocycles. The van der Waals surface area contributed by atoms with Crippen molar-refractivity contribution in [3.63, 3.8) is 0 Å². The smallest absolute Gasteiger partial charge is 0.227 e. The number of rotatable bonds is 11. The van der Waals surface area contributed by atoms with Crippen LogP contribution in [0.2, 0.25) is 0 Å². The zero-order valence-electron chi connectivity index (χ0n) is 26.0. The van der Waals surface area contributed by atoms with Gasteiger partial charge in [-0.05, 0) is 42.5 Å². The first-order valence-electron chi connectivity index (χ1n) is 14.8. The molecule has 1 atom stereocenters. The number of nitrogens with one attached hydrogen (secondary N) is 2. The zero-order chi connectivity index (χ0) is 32.0. The molecule has 0 radical (unpaired) electrons. The van der Waals surface area contributed by atoms with Gasteiger partial charge in [-0.2, -0.15) is 0 Å². The van der Waals surface area contributed by atoms with Crippen molar-refractivity contribution in [1.29, 1.82) is 0 Å². The highest BCUT2D eigenvalue weighted by Gasteiger charge is 2.20. The summed E-state index contributed by atoms with van der Waals surface area (Å²) in [5.41, 5.74) is 3.91. The van der Waals surface area contributed by atoms with Crippen LogP contribution < -0.4 is 24.4 Å². The fourth-order valence-electron chi connectivity index (χ4n) is 4.89. The van der Waals surface area contributed by atoms with E-state index in [1.165, 1.54) is 0 Å². The second-order valence-corrected chi connectivity index (χ2v) is 13.0. The lowest BCUT2D eigenvalue weighted by Crippen LogP contribution is -2.36. The summed E-state index contributed by atoms with van der Waals surface area (Å²) in [7, 11) is 1.58. The summed E-state index contributed by atoms with van der Waals surface area (Å²) >= 11 is 1.61. The SMILES string of the molecule is COc1ccc(S(=O)Nc2cccc(-c3nc(C(C)C)sc3-c3ccnc(Nc4ccc(N5CCOCC5)nc4)n3)c2)cc1OC. The summed E-state index contributed by atoms with van der Waals surface area (Å²) in [6, 6.07) is 18.8. The number of thiazole rings is 1. The Morgan fingerprint density at radius 1 is 0.935 bits per heavy atom. The molecular weight excluding hydrogens is 623 g/mol. The second-order valence-electron chi connectivity index (χ2n) is 10.7. The molecule has 0 amide bonds. The molecule has 5 aromatic rings. The van der Waals surface area contributed by atoms with Crippen LogP contribution in [0, 0.1) is 0 Å². The number of aromatic nitrogens is 4. The van der Waals surface area contributed by atoms with Gasteiger partial charge in [-0.25, -0.2) is 24.1 Å². The van der Waals surface area contributed by atoms with Gasteiger partial charge < -0.3 is 29.1 Å². The van der Waals surface area contributed by atoms with Crippen molar-refractivity contribution in [2.45, 2.75) is 24.7 Å². The summed E-state index contributed by atoms with van der Waals surface area (Å²) in [6.45, 7) is 7.32. The van der Waals surface area contributed by atoms with Crippen molar-refractivity contribution in [3.8, 4) is 33.3 Å². The fourth-order valence-corrected chi connectivity index (χ4v) is 6.82. The maximum absolute atomic E-state index is 13.3. The van der Waals surface area contributed by atoms with Crippen LogP contribution in [-0.4, -0.2) is 64.7 Å². The van der Waals surface area contributed by atoms with Crippen molar-refractivity contribution in [3.05, 3.63) is 78.1 Å². The lowest BCUT2D eigenvalue weighted by molar-refractivity contribution is 0.122. The number of benzene rings is 2. The molecule has 238 valence electrons. The van der Waals surface area contributed by atoms with Crippen LogP contribution in [0.15, 0.2) is 78.0 Å². The molecule has 6 rings (SSSR count). The van der Waals surface area contributed by atoms with Crippen molar-refractivity contribution in [2.75, 3.05) is 55.5 Å². The summed E-state index contributed by atoms with van der Waals surface area (Å²) in [5, 5.41) is 4.28. The lowest BCUT2D eigenvalue weighted by Gasteiger charge is -2.27. The molecule has 1 saturated heterocycles. The molecule has 4 heterocycles. The van der Waals surface area contributed by atoms with Gasteiger partial charge in [-0.1, -0.05) is 26.0 Å². The van der Waals surface area contributed by atoms with Gasteiger partial charge >= 0.3 is 0 Å². The maximum Gasteiger partial charge on any atom is 0.227 e. The number of methoxy groups -OCH3 is 2. The highest BCUT2D eigenvalue weighted by molar-refractivity contribution is 7.86. The summed E-state index contributed by atoms with van der Waals surface area (Å²) in [5.74, 6) is 2.70. The third kappa shape index (κ3) is 7.11. The van der Waals surface area contributed by atoms with E-state index in [1.807, 2.05) is 42.5 Å². The number of ether oxygens (including phenoxy) is 3. The lowest BCUT2D eigenvalue weighted by atomic mass is 10.1. The van der Waals surface area contributed by atoms with E-state index in [1.54, 1.807) is 56.1 Å². The first kappa shape index (κ1) is 31.4. The largest absolute Gasteiger partial charge is 0.493 e. The van der Waals surface area contributed by atoms with Crippen LogP contribution >= 0.6 is 11.3 Å². The molecule has 13 heteroatoms. The molecule has 1 aliphatic rings. The molecule has 1 fully saturated rings. The van der Waals surface area contributed by atoms with Crippen LogP contribution in [0.5, 0.6) is 11.5 Å². The Kier molecular flexibility index (Phi) is 9.71. The zero-order valence-corrected chi connectivity index (χ0v) is 27.7. The Morgan fingerprint density at radius 3 is 2.50 bits per heavy atom. The van der Waals surface area contributed by atoms with E-state index in [-0.39, 0.29) is 5.92 Å². The van der Waals surface area contributed by atoms with Gasteiger partial charge in [-0.3, -0.25) is 0 Å². The molecule has 1 unspecified atom stereocenters. The van der Waals surface area contributed by atoms with Gasteiger partial charge in [0, 0.05) is 42.5 Å². The number of anilines is 4. The Labute approximate surface area is 274 Å². The molecule has 2 N–H and O–H groups in total. The number of nitrogens with zero attached hydrogens (tertiary/aromatic N) is 5. The molecule has 0 bridgehead atoms. The Bertz CT molecular complexity index is 1830. The van der Waals surface area contributed by atoms with Crippen molar-refractivity contribution in [2.24, 2.45) is 0 Å². The van der Waals surface area contributed by atoms with E-state index >= 15 is 0 Å². The molecule has 0 spiro atoms. The average Bonchev–Trinajstić information content (AvgIpc) is 3.55. The maximum atomic E-state index is 13.3. The second kappa shape index (κ2) is 14.2. The van der Waals surface area contributed by atoms with Gasteiger partial charge in [0.1, 0.15) is 16.8 Å². The van der Waals surface area contributed by atoms with Gasteiger partial charge in [0.25, 0.3) is 0 Å². The Balaban J connectivity index is 1.25. The normalized spacial score (nSPS) is 13.8. The predicted octanol–water partition coefficient (Wildman–Crippen LogP) is 6.52. The Hall–Kier alpha value is -4.59. The van der Waals surface area contributed by atoms with Crippen LogP contribution in [0.3, 0.4) is 0 Å². The van der Waals surface area contributed by atoms with E-state index in [2.05, 4.69) is 38.8 Å². The Morgan fingerprint density at radius 2 is 1.76 bits per heavy atom. The minimum absolute atomic E-state index is 0.229. The van der Waals surface area contributed by atoms with Crippen molar-refractivity contribution < 1.29 is 18.4 Å². The number of pyridine rings is 1. The molecular formula is C33H35N7O4S2. The van der Waals surface area contributed by atoms with Gasteiger partial charge in [0.2, 0.25) is 5.95 Å². The molecule has 0 saturated carbocycles. The first-order chi connectivity index (χ1) is 22.4. The van der Waals surface area contributed by atoms with Gasteiger partial charge in [0.05, 0.1) is 65.5 Å². The van der Waals surface area contributed by atoms with Gasteiger partial charge in [-0.15, -0.1) is 11.3 Å². The molecule has 1 aliphatic heterocycles. The summed E-state index contributed by atoms with van der Waals surface area (Å²) in [6.07, 6.45) is 3.53. The number of hydrogen-bond donors (Lipinski definition) is 2. The highest BCUT2D eigenvalue weighted by atomic mass is 32.2. The fraction of sp³-hybridized carbons (Fsp3) is 0.273. The summed E-state index contributed by atoms with van der Waals surface area (Å²) < 4.78 is 32.5. The number of hydrogen-bond acceptors (Lipinski definition) is 11. The standard InChI is InChI=1S/C33H35N7O4S2/c1-21(2)32-38-30(22-6-5-7-23(18-22)39-46(41)25-9-10-27(42-3)28(19-25)43-4)31(45-32)26-12-13-34-33(37-26)36-24-8-11-29(35-20-24)40-14-16-44-17-15-40/h5-13,18-21,39H,14-17H2,1-4H3,(H,34,36,37). The third-order valence-electron chi connectivity index (χ3n) is 7.28. The minimum Gasteiger partial charge on any atom is -0.493 e. The van der Waals surface area contributed by atoms with E-state index in [9.17, 15) is 4.21 Å². The number of morpholine rings is 1. The molecule has 0 aliphatic carbocycles. The summed E-state index contributed by atoms with van der Waals surface area (Å²) in [4.78, 5) is 22.7. The van der Waals surface area contributed by atoms with Crippen LogP contribution in [0.25, 0.3) is 21.8 Å². The van der Waals surface area contributed by atoms with Crippen molar-refractivity contribution in [1.82, 2.24) is 19.9 Å². The third-order valence-corrected chi connectivity index (χ3v) is 9.76. The van der Waals surface area contributed by atoms with Crippen LogP contribution in [0.4, 0.5) is 23.1 Å². The highest BCUT2D eigenvalue weighted by Crippen LogP contribution is 2.39. The minimum atomic E-state index is -1.54. The van der Waals surface area contributed by atoms with Crippen LogP contribution in [-0.2, 0) is 15.7 Å². The van der Waals surface area contributed by atoms with E-state index in [0.29, 0.717) is 41.2 Å². The average molecular weight is 658 g/mol. The molecule has 46 heavy (non-hydrogen) atoms.